The van der Waals surface area contributed by atoms with Crippen molar-refractivity contribution in [2.75, 3.05) is 6.61 Å². The van der Waals surface area contributed by atoms with Crippen molar-refractivity contribution in [2.24, 2.45) is 29.1 Å². The quantitative estimate of drug-likeness (QED) is 0.655. The highest BCUT2D eigenvalue weighted by atomic mass is 16.5. The summed E-state index contributed by atoms with van der Waals surface area (Å²) in [6, 6.07) is 0. The highest BCUT2D eigenvalue weighted by molar-refractivity contribution is 5.65. The summed E-state index contributed by atoms with van der Waals surface area (Å²) in [6.45, 7) is 9.25. The molecule has 3 aliphatic rings. The minimum absolute atomic E-state index is 0.138. The van der Waals surface area contributed by atoms with Crippen molar-refractivity contribution in [1.82, 2.24) is 0 Å². The Bertz CT molecular complexity index is 270. The van der Waals surface area contributed by atoms with E-state index in [1.165, 1.54) is 19.8 Å². The average molecular weight is 210 g/mol. The first-order valence-corrected chi connectivity index (χ1v) is 6.06. The summed E-state index contributed by atoms with van der Waals surface area (Å²) >= 11 is 0. The first-order valence-electron chi connectivity index (χ1n) is 6.06. The van der Waals surface area contributed by atoms with E-state index in [0.29, 0.717) is 23.9 Å². The van der Waals surface area contributed by atoms with E-state index in [2.05, 4.69) is 20.8 Å². The van der Waals surface area contributed by atoms with Gasteiger partial charge in [0, 0.05) is 6.92 Å². The van der Waals surface area contributed by atoms with Gasteiger partial charge in [-0.25, -0.2) is 0 Å². The summed E-state index contributed by atoms with van der Waals surface area (Å²) in [7, 11) is 0. The van der Waals surface area contributed by atoms with Gasteiger partial charge in [-0.15, -0.1) is 0 Å². The maximum Gasteiger partial charge on any atom is 0.302 e. The van der Waals surface area contributed by atoms with Crippen LogP contribution in [0.15, 0.2) is 0 Å². The van der Waals surface area contributed by atoms with Gasteiger partial charge in [0.05, 0.1) is 6.61 Å². The van der Waals surface area contributed by atoms with Crippen LogP contribution in [0.2, 0.25) is 0 Å². The Balaban J connectivity index is 1.93. The number of rotatable bonds is 2. The Kier molecular flexibility index (Phi) is 2.56. The molecule has 3 saturated carbocycles. The molecule has 15 heavy (non-hydrogen) atoms. The number of ether oxygens (including phenoxy) is 1. The molecule has 3 aliphatic carbocycles. The fourth-order valence-electron chi connectivity index (χ4n) is 3.70. The molecule has 86 valence electrons. The maximum absolute atomic E-state index is 10.8. The molecule has 0 heterocycles. The molecule has 3 rings (SSSR count). The smallest absolute Gasteiger partial charge is 0.302 e. The number of esters is 1. The average Bonchev–Trinajstić information content (AvgIpc) is 2.15. The molecule has 0 spiro atoms. The molecule has 0 radical (unpaired) electrons. The maximum atomic E-state index is 10.8. The summed E-state index contributed by atoms with van der Waals surface area (Å²) in [5.41, 5.74) is 0.534. The Morgan fingerprint density at radius 2 is 2.07 bits per heavy atom. The normalized spacial score (nSPS) is 41.9. The topological polar surface area (TPSA) is 26.3 Å². The number of hydrogen-bond acceptors (Lipinski definition) is 2. The minimum atomic E-state index is -0.138. The minimum Gasteiger partial charge on any atom is -0.466 e. The van der Waals surface area contributed by atoms with E-state index >= 15 is 0 Å². The van der Waals surface area contributed by atoms with E-state index < -0.39 is 0 Å². The molecule has 4 unspecified atom stereocenters. The fourth-order valence-corrected chi connectivity index (χ4v) is 3.70. The van der Waals surface area contributed by atoms with Crippen molar-refractivity contribution in [3.63, 3.8) is 0 Å². The van der Waals surface area contributed by atoms with Gasteiger partial charge in [0.15, 0.2) is 0 Å². The molecule has 3 fully saturated rings. The fraction of sp³-hybridized carbons (Fsp3) is 0.923. The first-order chi connectivity index (χ1) is 6.93. The van der Waals surface area contributed by atoms with Crippen LogP contribution in [0, 0.1) is 29.1 Å². The molecule has 0 aromatic rings. The van der Waals surface area contributed by atoms with Crippen molar-refractivity contribution in [1.29, 1.82) is 0 Å². The van der Waals surface area contributed by atoms with Crippen LogP contribution in [0.3, 0.4) is 0 Å². The Morgan fingerprint density at radius 1 is 1.40 bits per heavy atom. The van der Waals surface area contributed by atoms with Crippen LogP contribution >= 0.6 is 0 Å². The van der Waals surface area contributed by atoms with Crippen LogP contribution in [0.1, 0.15) is 40.5 Å². The van der Waals surface area contributed by atoms with Gasteiger partial charge < -0.3 is 4.74 Å². The van der Waals surface area contributed by atoms with E-state index in [1.54, 1.807) is 0 Å². The van der Waals surface area contributed by atoms with Crippen LogP contribution in [0.4, 0.5) is 0 Å². The van der Waals surface area contributed by atoms with Crippen LogP contribution in [0.5, 0.6) is 0 Å². The van der Waals surface area contributed by atoms with E-state index in [-0.39, 0.29) is 5.97 Å². The van der Waals surface area contributed by atoms with Crippen molar-refractivity contribution in [2.45, 2.75) is 40.5 Å². The van der Waals surface area contributed by atoms with Gasteiger partial charge in [0.1, 0.15) is 0 Å². The molecule has 0 amide bonds. The second-order valence-corrected chi connectivity index (χ2v) is 6.02. The largest absolute Gasteiger partial charge is 0.466 e. The van der Waals surface area contributed by atoms with Gasteiger partial charge in [-0.05, 0) is 41.9 Å². The summed E-state index contributed by atoms with van der Waals surface area (Å²) in [6.07, 6.45) is 2.64. The van der Waals surface area contributed by atoms with Gasteiger partial charge in [-0.1, -0.05) is 20.8 Å². The van der Waals surface area contributed by atoms with Gasteiger partial charge in [-0.2, -0.15) is 0 Å². The van der Waals surface area contributed by atoms with Crippen LogP contribution in [-0.2, 0) is 9.53 Å². The summed E-state index contributed by atoms with van der Waals surface area (Å²) in [4.78, 5) is 10.8. The molecule has 0 aliphatic heterocycles. The van der Waals surface area contributed by atoms with Gasteiger partial charge in [-0.3, -0.25) is 4.79 Å². The molecule has 4 atom stereocenters. The van der Waals surface area contributed by atoms with Crippen LogP contribution in [-0.4, -0.2) is 12.6 Å². The van der Waals surface area contributed by atoms with Gasteiger partial charge in [0.2, 0.25) is 0 Å². The second-order valence-electron chi connectivity index (χ2n) is 6.02. The summed E-state index contributed by atoms with van der Waals surface area (Å²) < 4.78 is 5.15. The lowest BCUT2D eigenvalue weighted by atomic mass is 9.43. The van der Waals surface area contributed by atoms with E-state index in [4.69, 9.17) is 4.74 Å². The molecular weight excluding hydrogens is 188 g/mol. The summed E-state index contributed by atoms with van der Waals surface area (Å²) in [5, 5.41) is 0. The zero-order valence-corrected chi connectivity index (χ0v) is 10.2. The predicted molar refractivity (Wildman–Crippen MR) is 59.3 cm³/mol. The second kappa shape index (κ2) is 3.50. The van der Waals surface area contributed by atoms with E-state index in [0.717, 1.165) is 11.8 Å². The van der Waals surface area contributed by atoms with Crippen LogP contribution < -0.4 is 0 Å². The third-order valence-electron chi connectivity index (χ3n) is 5.01. The molecule has 0 saturated heterocycles. The van der Waals surface area contributed by atoms with Crippen molar-refractivity contribution >= 4 is 5.97 Å². The van der Waals surface area contributed by atoms with Crippen molar-refractivity contribution < 1.29 is 9.53 Å². The monoisotopic (exact) mass is 210 g/mol. The molecule has 0 aromatic carbocycles. The van der Waals surface area contributed by atoms with Gasteiger partial charge >= 0.3 is 5.97 Å². The highest BCUT2D eigenvalue weighted by Crippen LogP contribution is 2.62. The summed E-state index contributed by atoms with van der Waals surface area (Å²) in [5.74, 6) is 2.88. The predicted octanol–water partition coefficient (Wildman–Crippen LogP) is 2.87. The number of carbonyl (C=O) groups is 1. The van der Waals surface area contributed by atoms with E-state index in [1.807, 2.05) is 0 Å². The standard InChI is InChI=1S/C13H22O2/c1-8-10(7-15-9(2)14)5-11-6-12(8)13(11,3)4/h8,10-12H,5-7H2,1-4H3. The molecule has 2 nitrogen and oxygen atoms in total. The lowest BCUT2D eigenvalue weighted by Crippen LogP contribution is -2.55. The number of hydrogen-bond donors (Lipinski definition) is 0. The zero-order valence-electron chi connectivity index (χ0n) is 10.2. The Labute approximate surface area is 92.4 Å². The van der Waals surface area contributed by atoms with Crippen molar-refractivity contribution in [3.8, 4) is 0 Å². The van der Waals surface area contributed by atoms with Gasteiger partial charge in [0.25, 0.3) is 0 Å². The Morgan fingerprint density at radius 3 is 2.53 bits per heavy atom. The van der Waals surface area contributed by atoms with Crippen molar-refractivity contribution in [3.05, 3.63) is 0 Å². The highest BCUT2D eigenvalue weighted by Gasteiger charge is 2.56. The van der Waals surface area contributed by atoms with E-state index in [9.17, 15) is 4.79 Å². The number of fused-ring (bicyclic) bond motifs is 2. The molecular formula is C13H22O2. The lowest BCUT2D eigenvalue weighted by Gasteiger charge is -2.62. The third-order valence-corrected chi connectivity index (χ3v) is 5.01. The Hall–Kier alpha value is -0.530. The molecule has 0 aromatic heterocycles. The SMILES string of the molecule is CC(=O)OCC1CC2CC(C1C)C2(C)C. The molecule has 2 bridgehead atoms. The lowest BCUT2D eigenvalue weighted by molar-refractivity contribution is -0.157. The first kappa shape index (κ1) is 11.0. The third kappa shape index (κ3) is 1.68. The molecule has 0 N–H and O–H groups in total. The zero-order chi connectivity index (χ0) is 11.2. The number of carbonyl (C=O) groups excluding carboxylic acids is 1. The van der Waals surface area contributed by atoms with Crippen LogP contribution in [0.25, 0.3) is 0 Å². The molecule has 2 heteroatoms.